The molecule has 0 saturated heterocycles. The van der Waals surface area contributed by atoms with E-state index >= 15 is 0 Å². The van der Waals surface area contributed by atoms with Gasteiger partial charge in [0, 0.05) is 11.3 Å². The van der Waals surface area contributed by atoms with Gasteiger partial charge in [-0.3, -0.25) is 4.79 Å². The molecule has 0 spiro atoms. The van der Waals surface area contributed by atoms with Gasteiger partial charge < -0.3 is 19.9 Å². The number of aliphatic carboxylic acids is 1. The number of ether oxygens (including phenoxy) is 2. The molecule has 0 aliphatic heterocycles. The quantitative estimate of drug-likeness (QED) is 0.770. The van der Waals surface area contributed by atoms with E-state index in [0.29, 0.717) is 22.9 Å². The second-order valence-electron chi connectivity index (χ2n) is 5.94. The summed E-state index contributed by atoms with van der Waals surface area (Å²) in [6.45, 7) is 0.294. The molecule has 0 bridgehead atoms. The lowest BCUT2D eigenvalue weighted by molar-refractivity contribution is -0.139. The molecule has 6 heteroatoms. The molecule has 130 valence electrons. The highest BCUT2D eigenvalue weighted by molar-refractivity contribution is 6.04. The van der Waals surface area contributed by atoms with Crippen LogP contribution in [0.4, 0.5) is 5.69 Å². The van der Waals surface area contributed by atoms with Crippen molar-refractivity contribution >= 4 is 17.6 Å². The summed E-state index contributed by atoms with van der Waals surface area (Å²) in [7, 11) is 0. The van der Waals surface area contributed by atoms with Crippen molar-refractivity contribution in [3.63, 3.8) is 0 Å². The van der Waals surface area contributed by atoms with Crippen molar-refractivity contribution < 1.29 is 24.2 Å². The van der Waals surface area contributed by atoms with Gasteiger partial charge >= 0.3 is 5.97 Å². The number of carbonyl (C=O) groups is 2. The fourth-order valence-electron chi connectivity index (χ4n) is 2.21. The lowest BCUT2D eigenvalue weighted by Gasteiger charge is -2.09. The monoisotopic (exact) mass is 341 g/mol. The number of hydrogen-bond acceptors (Lipinski definition) is 4. The molecule has 1 amide bonds. The molecule has 1 saturated carbocycles. The van der Waals surface area contributed by atoms with Crippen LogP contribution in [0, 0.1) is 5.92 Å². The van der Waals surface area contributed by atoms with E-state index in [0.717, 1.165) is 12.4 Å². The van der Waals surface area contributed by atoms with E-state index in [1.165, 1.54) is 18.9 Å². The number of nitrogens with one attached hydrogen (secondary N) is 1. The van der Waals surface area contributed by atoms with Crippen LogP contribution in [-0.4, -0.2) is 30.2 Å². The Morgan fingerprint density at radius 2 is 1.80 bits per heavy atom. The molecule has 2 aromatic carbocycles. The van der Waals surface area contributed by atoms with Crippen LogP contribution in [0.2, 0.25) is 0 Å². The van der Waals surface area contributed by atoms with Crippen molar-refractivity contribution in [1.82, 2.24) is 0 Å². The Morgan fingerprint density at radius 3 is 2.48 bits per heavy atom. The highest BCUT2D eigenvalue weighted by Crippen LogP contribution is 2.29. The maximum atomic E-state index is 12.3. The van der Waals surface area contributed by atoms with Crippen LogP contribution >= 0.6 is 0 Å². The molecule has 0 unspecified atom stereocenters. The Bertz CT molecular complexity index is 753. The van der Waals surface area contributed by atoms with Crippen molar-refractivity contribution in [3.8, 4) is 11.5 Å². The van der Waals surface area contributed by atoms with Crippen LogP contribution in [0.5, 0.6) is 11.5 Å². The molecule has 0 atom stereocenters. The number of amides is 1. The second kappa shape index (κ2) is 7.70. The highest BCUT2D eigenvalue weighted by Gasteiger charge is 2.21. The number of carboxylic acid groups (broad SMARTS) is 1. The maximum absolute atomic E-state index is 12.3. The Morgan fingerprint density at radius 1 is 1.04 bits per heavy atom. The maximum Gasteiger partial charge on any atom is 0.341 e. The van der Waals surface area contributed by atoms with Crippen LogP contribution in [0.15, 0.2) is 48.5 Å². The van der Waals surface area contributed by atoms with E-state index in [4.69, 9.17) is 14.6 Å². The first kappa shape index (κ1) is 16.8. The Balaban J connectivity index is 1.57. The van der Waals surface area contributed by atoms with Crippen LogP contribution in [0.1, 0.15) is 23.2 Å². The van der Waals surface area contributed by atoms with Crippen LogP contribution in [0.25, 0.3) is 0 Å². The average Bonchev–Trinajstić information content (AvgIpc) is 3.44. The molecule has 0 aromatic heterocycles. The summed E-state index contributed by atoms with van der Waals surface area (Å²) in [4.78, 5) is 22.8. The van der Waals surface area contributed by atoms with Crippen molar-refractivity contribution in [2.75, 3.05) is 18.5 Å². The first-order chi connectivity index (χ1) is 12.1. The zero-order valence-corrected chi connectivity index (χ0v) is 13.6. The van der Waals surface area contributed by atoms with E-state index < -0.39 is 12.6 Å². The van der Waals surface area contributed by atoms with Crippen molar-refractivity contribution in [3.05, 3.63) is 54.1 Å². The van der Waals surface area contributed by atoms with E-state index in [2.05, 4.69) is 5.32 Å². The lowest BCUT2D eigenvalue weighted by Crippen LogP contribution is -2.13. The van der Waals surface area contributed by atoms with E-state index in [9.17, 15) is 9.59 Å². The molecule has 3 rings (SSSR count). The minimum Gasteiger partial charge on any atom is -0.493 e. The smallest absolute Gasteiger partial charge is 0.341 e. The predicted octanol–water partition coefficient (Wildman–Crippen LogP) is 3.19. The fraction of sp³-hybridized carbons (Fsp3) is 0.263. The molecule has 25 heavy (non-hydrogen) atoms. The van der Waals surface area contributed by atoms with Crippen LogP contribution in [-0.2, 0) is 4.79 Å². The van der Waals surface area contributed by atoms with Gasteiger partial charge in [-0.1, -0.05) is 6.07 Å². The first-order valence-electron chi connectivity index (χ1n) is 8.09. The average molecular weight is 341 g/mol. The summed E-state index contributed by atoms with van der Waals surface area (Å²) in [5.41, 5.74) is 1.04. The molecule has 6 nitrogen and oxygen atoms in total. The number of hydrogen-bond donors (Lipinski definition) is 2. The normalized spacial score (nSPS) is 13.1. The molecular weight excluding hydrogens is 322 g/mol. The van der Waals surface area contributed by atoms with Crippen LogP contribution < -0.4 is 14.8 Å². The minimum absolute atomic E-state index is 0.299. The van der Waals surface area contributed by atoms with E-state index in [-0.39, 0.29) is 5.91 Å². The molecule has 2 aromatic rings. The van der Waals surface area contributed by atoms with Gasteiger partial charge in [-0.15, -0.1) is 0 Å². The Kier molecular flexibility index (Phi) is 5.18. The largest absolute Gasteiger partial charge is 0.493 e. The van der Waals surface area contributed by atoms with Gasteiger partial charge in [-0.05, 0) is 61.2 Å². The molecule has 0 heterocycles. The third-order valence-electron chi connectivity index (χ3n) is 3.75. The van der Waals surface area contributed by atoms with Gasteiger partial charge in [-0.25, -0.2) is 4.79 Å². The van der Waals surface area contributed by atoms with Gasteiger partial charge in [0.1, 0.15) is 11.5 Å². The molecular formula is C19H19NO5. The molecule has 1 fully saturated rings. The van der Waals surface area contributed by atoms with Gasteiger partial charge in [0.05, 0.1) is 6.61 Å². The van der Waals surface area contributed by atoms with Crippen LogP contribution in [0.3, 0.4) is 0 Å². The summed E-state index contributed by atoms with van der Waals surface area (Å²) in [5.74, 6) is 0.439. The van der Waals surface area contributed by atoms with Gasteiger partial charge in [0.25, 0.3) is 5.91 Å². The topological polar surface area (TPSA) is 84.9 Å². The number of carboxylic acids is 1. The third kappa shape index (κ3) is 5.24. The molecule has 1 aliphatic carbocycles. The Labute approximate surface area is 145 Å². The number of anilines is 1. The summed E-state index contributed by atoms with van der Waals surface area (Å²) in [6.07, 6.45) is 2.48. The summed E-state index contributed by atoms with van der Waals surface area (Å²) >= 11 is 0. The number of benzene rings is 2. The van der Waals surface area contributed by atoms with Crippen molar-refractivity contribution in [2.45, 2.75) is 12.8 Å². The standard InChI is InChI=1S/C19H19NO5/c21-18(22)12-25-17-3-1-2-14(10-17)19(23)20-15-6-8-16(9-7-15)24-11-13-4-5-13/h1-3,6-10,13H,4-5,11-12H2,(H,20,23)(H,21,22). The predicted molar refractivity (Wildman–Crippen MR) is 92.2 cm³/mol. The molecule has 0 radical (unpaired) electrons. The Hall–Kier alpha value is -3.02. The zero-order chi connectivity index (χ0) is 17.6. The first-order valence-corrected chi connectivity index (χ1v) is 8.09. The summed E-state index contributed by atoms with van der Waals surface area (Å²) in [6, 6.07) is 13.6. The SMILES string of the molecule is O=C(O)COc1cccc(C(=O)Nc2ccc(OCC3CC3)cc2)c1. The minimum atomic E-state index is -1.07. The summed E-state index contributed by atoms with van der Waals surface area (Å²) in [5, 5.41) is 11.4. The van der Waals surface area contributed by atoms with Crippen molar-refractivity contribution in [1.29, 1.82) is 0 Å². The van der Waals surface area contributed by atoms with Gasteiger partial charge in [-0.2, -0.15) is 0 Å². The van der Waals surface area contributed by atoms with Gasteiger partial charge in [0.2, 0.25) is 0 Å². The third-order valence-corrected chi connectivity index (χ3v) is 3.75. The van der Waals surface area contributed by atoms with E-state index in [1.807, 2.05) is 12.1 Å². The lowest BCUT2D eigenvalue weighted by atomic mass is 10.2. The number of rotatable bonds is 8. The van der Waals surface area contributed by atoms with Gasteiger partial charge in [0.15, 0.2) is 6.61 Å². The fourth-order valence-corrected chi connectivity index (χ4v) is 2.21. The van der Waals surface area contributed by atoms with E-state index in [1.54, 1.807) is 30.3 Å². The number of carbonyl (C=O) groups excluding carboxylic acids is 1. The highest BCUT2D eigenvalue weighted by atomic mass is 16.5. The summed E-state index contributed by atoms with van der Waals surface area (Å²) < 4.78 is 10.7. The second-order valence-corrected chi connectivity index (χ2v) is 5.94. The molecule has 2 N–H and O–H groups in total. The van der Waals surface area contributed by atoms with Crippen molar-refractivity contribution in [2.24, 2.45) is 5.92 Å². The zero-order valence-electron chi connectivity index (χ0n) is 13.6. The molecule has 1 aliphatic rings.